The molecule has 0 saturated carbocycles. The number of nitrogen functional groups attached to an aromatic ring is 1. The number of para-hydroxylation sites is 1. The van der Waals surface area contributed by atoms with E-state index in [9.17, 15) is 9.59 Å². The van der Waals surface area contributed by atoms with Crippen molar-refractivity contribution in [3.05, 3.63) is 124 Å². The van der Waals surface area contributed by atoms with Crippen molar-refractivity contribution in [3.8, 4) is 17.5 Å². The molecular formula is C30H22N8O2. The van der Waals surface area contributed by atoms with E-state index in [1.54, 1.807) is 68.0 Å². The van der Waals surface area contributed by atoms with Crippen molar-refractivity contribution in [1.82, 2.24) is 34.4 Å². The summed E-state index contributed by atoms with van der Waals surface area (Å²) in [7, 11) is 0. The number of carbonyl (C=O) groups excluding carboxylic acids is 1. The molecule has 40 heavy (non-hydrogen) atoms. The molecule has 0 aliphatic heterocycles. The molecule has 2 aromatic carbocycles. The van der Waals surface area contributed by atoms with Crippen LogP contribution in [0.4, 0.5) is 5.82 Å². The van der Waals surface area contributed by atoms with Crippen LogP contribution in [0, 0.1) is 11.8 Å². The molecule has 0 aliphatic carbocycles. The van der Waals surface area contributed by atoms with E-state index in [0.29, 0.717) is 33.6 Å². The quantitative estimate of drug-likeness (QED) is 0.337. The molecule has 10 nitrogen and oxygen atoms in total. The lowest BCUT2D eigenvalue weighted by Gasteiger charge is -2.20. The van der Waals surface area contributed by atoms with Gasteiger partial charge in [-0.1, -0.05) is 36.1 Å². The average molecular weight is 527 g/mol. The number of hydrogen-bond acceptors (Lipinski definition) is 7. The van der Waals surface area contributed by atoms with Gasteiger partial charge in [0, 0.05) is 29.7 Å². The minimum Gasteiger partial charge on any atom is -0.382 e. The van der Waals surface area contributed by atoms with Crippen molar-refractivity contribution in [3.63, 3.8) is 0 Å². The lowest BCUT2D eigenvalue weighted by Crippen LogP contribution is -2.34. The number of benzene rings is 2. The largest absolute Gasteiger partial charge is 0.382 e. The fourth-order valence-corrected chi connectivity index (χ4v) is 4.49. The number of amides is 1. The van der Waals surface area contributed by atoms with Gasteiger partial charge in [-0.15, -0.1) is 0 Å². The standard InChI is InChI=1S/C30H22N8O2/c1-19(34-29(39)26-27(31)36-24-11-6-16-33-38(24)26)28-35-23-10-5-7-21(13-12-20-14-17-32-18-15-20)25(23)30(40)37(28)22-8-3-2-4-9-22/h2-11,14-19H,31H2,1H3,(H,34,39). The number of aromatic nitrogens is 6. The lowest BCUT2D eigenvalue weighted by molar-refractivity contribution is 0.0931. The number of nitrogens with one attached hydrogen (secondary N) is 1. The van der Waals surface area contributed by atoms with Gasteiger partial charge in [-0.2, -0.15) is 5.10 Å². The third kappa shape index (κ3) is 4.41. The van der Waals surface area contributed by atoms with Crippen LogP contribution < -0.4 is 16.6 Å². The Balaban J connectivity index is 1.48. The fourth-order valence-electron chi connectivity index (χ4n) is 4.49. The molecule has 1 amide bonds. The molecule has 0 radical (unpaired) electrons. The smallest absolute Gasteiger partial charge is 0.274 e. The van der Waals surface area contributed by atoms with Crippen LogP contribution in [0.5, 0.6) is 0 Å². The second-order valence-corrected chi connectivity index (χ2v) is 8.97. The summed E-state index contributed by atoms with van der Waals surface area (Å²) in [5.74, 6) is 6.10. The molecule has 0 bridgehead atoms. The Hall–Kier alpha value is -5.82. The second kappa shape index (κ2) is 10.2. The van der Waals surface area contributed by atoms with Crippen LogP contribution in [-0.4, -0.2) is 35.0 Å². The first-order valence-electron chi connectivity index (χ1n) is 12.4. The fraction of sp³-hybridized carbons (Fsp3) is 0.0667. The summed E-state index contributed by atoms with van der Waals surface area (Å²) in [5.41, 5.74) is 8.69. The highest BCUT2D eigenvalue weighted by Crippen LogP contribution is 2.21. The minimum atomic E-state index is -0.690. The van der Waals surface area contributed by atoms with Gasteiger partial charge in [0.15, 0.2) is 17.2 Å². The molecule has 0 saturated heterocycles. The molecule has 6 rings (SSSR count). The van der Waals surface area contributed by atoms with Crippen molar-refractivity contribution in [2.45, 2.75) is 13.0 Å². The highest BCUT2D eigenvalue weighted by Gasteiger charge is 2.24. The van der Waals surface area contributed by atoms with Gasteiger partial charge in [0.2, 0.25) is 0 Å². The van der Waals surface area contributed by atoms with E-state index >= 15 is 0 Å². The van der Waals surface area contributed by atoms with Crippen LogP contribution in [0.15, 0.2) is 96.2 Å². The number of anilines is 1. The summed E-state index contributed by atoms with van der Waals surface area (Å²) < 4.78 is 2.88. The maximum Gasteiger partial charge on any atom is 0.274 e. The lowest BCUT2D eigenvalue weighted by atomic mass is 10.1. The minimum absolute atomic E-state index is 0.0488. The molecule has 1 unspecified atom stereocenters. The Bertz CT molecular complexity index is 2000. The van der Waals surface area contributed by atoms with Crippen LogP contribution in [0.1, 0.15) is 40.4 Å². The zero-order chi connectivity index (χ0) is 27.6. The van der Waals surface area contributed by atoms with E-state index in [2.05, 4.69) is 32.2 Å². The van der Waals surface area contributed by atoms with Gasteiger partial charge in [-0.25, -0.2) is 14.5 Å². The molecule has 0 spiro atoms. The molecule has 10 heteroatoms. The molecule has 1 atom stereocenters. The second-order valence-electron chi connectivity index (χ2n) is 8.97. The Morgan fingerprint density at radius 1 is 0.925 bits per heavy atom. The average Bonchev–Trinajstić information content (AvgIpc) is 3.32. The van der Waals surface area contributed by atoms with E-state index in [1.165, 1.54) is 9.08 Å². The van der Waals surface area contributed by atoms with E-state index in [1.807, 2.05) is 30.3 Å². The Morgan fingerprint density at radius 2 is 1.73 bits per heavy atom. The zero-order valence-corrected chi connectivity index (χ0v) is 21.3. The van der Waals surface area contributed by atoms with Crippen molar-refractivity contribution >= 4 is 28.3 Å². The molecule has 3 N–H and O–H groups in total. The Kier molecular flexibility index (Phi) is 6.22. The highest BCUT2D eigenvalue weighted by atomic mass is 16.2. The van der Waals surface area contributed by atoms with E-state index < -0.39 is 11.9 Å². The Labute approximate surface area is 228 Å². The molecule has 194 valence electrons. The van der Waals surface area contributed by atoms with Crippen LogP contribution >= 0.6 is 0 Å². The van der Waals surface area contributed by atoms with Gasteiger partial charge in [0.25, 0.3) is 11.5 Å². The molecule has 0 aliphatic rings. The van der Waals surface area contributed by atoms with Crippen molar-refractivity contribution < 1.29 is 4.79 Å². The highest BCUT2D eigenvalue weighted by molar-refractivity contribution is 5.98. The summed E-state index contributed by atoms with van der Waals surface area (Å²) in [4.78, 5) is 40.6. The summed E-state index contributed by atoms with van der Waals surface area (Å²) in [6.07, 6.45) is 4.87. The summed E-state index contributed by atoms with van der Waals surface area (Å²) >= 11 is 0. The normalized spacial score (nSPS) is 11.6. The first-order valence-corrected chi connectivity index (χ1v) is 12.4. The predicted octanol–water partition coefficient (Wildman–Crippen LogP) is 3.30. The van der Waals surface area contributed by atoms with Gasteiger partial charge >= 0.3 is 0 Å². The topological polar surface area (TPSA) is 133 Å². The SMILES string of the molecule is CC(NC(=O)c1c(N)nc2cccnn12)c1nc2cccc(C#Cc3ccncc3)c2c(=O)n1-c1ccccc1. The van der Waals surface area contributed by atoms with Gasteiger partial charge in [-0.05, 0) is 55.5 Å². The monoisotopic (exact) mass is 526 g/mol. The van der Waals surface area contributed by atoms with Crippen LogP contribution in [0.25, 0.3) is 22.2 Å². The van der Waals surface area contributed by atoms with Gasteiger partial charge in [0.1, 0.15) is 5.82 Å². The van der Waals surface area contributed by atoms with Gasteiger partial charge in [-0.3, -0.25) is 19.1 Å². The number of nitrogens with two attached hydrogens (primary N) is 1. The molecule has 6 aromatic rings. The molecular weight excluding hydrogens is 504 g/mol. The van der Waals surface area contributed by atoms with E-state index in [-0.39, 0.29) is 17.1 Å². The maximum absolute atomic E-state index is 14.1. The number of imidazole rings is 1. The first-order chi connectivity index (χ1) is 19.5. The molecule has 0 fully saturated rings. The third-order valence-electron chi connectivity index (χ3n) is 6.33. The first kappa shape index (κ1) is 24.5. The summed E-state index contributed by atoms with van der Waals surface area (Å²) in [5, 5.41) is 7.50. The van der Waals surface area contributed by atoms with E-state index in [4.69, 9.17) is 10.7 Å². The van der Waals surface area contributed by atoms with Crippen molar-refractivity contribution in [1.29, 1.82) is 0 Å². The number of rotatable bonds is 4. The van der Waals surface area contributed by atoms with Crippen LogP contribution in [-0.2, 0) is 0 Å². The Morgan fingerprint density at radius 3 is 2.52 bits per heavy atom. The van der Waals surface area contributed by atoms with Crippen molar-refractivity contribution in [2.24, 2.45) is 0 Å². The number of nitrogens with zero attached hydrogens (tertiary/aromatic N) is 6. The number of pyridine rings is 1. The number of fused-ring (bicyclic) bond motifs is 2. The molecule has 4 heterocycles. The van der Waals surface area contributed by atoms with E-state index in [0.717, 1.165) is 5.56 Å². The van der Waals surface area contributed by atoms with Gasteiger partial charge < -0.3 is 11.1 Å². The number of carbonyl (C=O) groups is 1. The summed E-state index contributed by atoms with van der Waals surface area (Å²) in [6, 6.07) is 20.8. The van der Waals surface area contributed by atoms with Gasteiger partial charge in [0.05, 0.1) is 22.6 Å². The third-order valence-corrected chi connectivity index (χ3v) is 6.33. The van der Waals surface area contributed by atoms with Crippen LogP contribution in [0.3, 0.4) is 0 Å². The van der Waals surface area contributed by atoms with Crippen LogP contribution in [0.2, 0.25) is 0 Å². The summed E-state index contributed by atoms with van der Waals surface area (Å²) in [6.45, 7) is 1.75. The number of hydrogen-bond donors (Lipinski definition) is 2. The maximum atomic E-state index is 14.1. The van der Waals surface area contributed by atoms with Crippen molar-refractivity contribution in [2.75, 3.05) is 5.73 Å². The predicted molar refractivity (Wildman–Crippen MR) is 151 cm³/mol. The molecule has 4 aromatic heterocycles. The zero-order valence-electron chi connectivity index (χ0n) is 21.3.